The first-order valence-corrected chi connectivity index (χ1v) is 10.6. The predicted molar refractivity (Wildman–Crippen MR) is 112 cm³/mol. The Morgan fingerprint density at radius 1 is 1.18 bits per heavy atom. The van der Waals surface area contributed by atoms with E-state index in [0.717, 1.165) is 30.8 Å². The predicted octanol–water partition coefficient (Wildman–Crippen LogP) is 2.34. The Morgan fingerprint density at radius 3 is 2.71 bits per heavy atom. The molecule has 1 amide bonds. The average molecular weight is 422 g/mol. The van der Waals surface area contributed by atoms with Crippen molar-refractivity contribution in [3.05, 3.63) is 59.7 Å². The van der Waals surface area contributed by atoms with Crippen molar-refractivity contribution in [1.82, 2.24) is 10.6 Å². The maximum absolute atomic E-state index is 13.3. The van der Waals surface area contributed by atoms with Crippen molar-refractivity contribution in [3.8, 4) is 0 Å². The highest BCUT2D eigenvalue weighted by Crippen LogP contribution is 2.36. The number of halogens is 1. The Hall–Kier alpha value is -2.09. The smallest absolute Gasteiger partial charge is 0.264 e. The molecule has 2 aromatic carbocycles. The third-order valence-corrected chi connectivity index (χ3v) is 7.12. The molecule has 0 spiro atoms. The van der Waals surface area contributed by atoms with Gasteiger partial charge in [0, 0.05) is 24.2 Å². The number of anilines is 1. The zero-order chi connectivity index (χ0) is 19.0. The Kier molecular flexibility index (Phi) is 5.98. The van der Waals surface area contributed by atoms with Gasteiger partial charge >= 0.3 is 0 Å². The highest BCUT2D eigenvalue weighted by Gasteiger charge is 2.36. The number of nitrogens with zero attached hydrogens (tertiary/aromatic N) is 1. The second kappa shape index (κ2) is 8.11. The van der Waals surface area contributed by atoms with Crippen LogP contribution in [0.15, 0.2) is 53.4 Å². The Labute approximate surface area is 171 Å². The molecule has 1 saturated heterocycles. The molecular formula is C20H24ClN3O3S. The minimum absolute atomic E-state index is 0. The third-order valence-electron chi connectivity index (χ3n) is 5.19. The molecule has 8 heteroatoms. The number of fused-ring (bicyclic) bond motifs is 1. The van der Waals surface area contributed by atoms with Crippen LogP contribution in [0.1, 0.15) is 29.3 Å². The van der Waals surface area contributed by atoms with Gasteiger partial charge in [-0.05, 0) is 56.1 Å². The lowest BCUT2D eigenvalue weighted by atomic mass is 10.1. The normalized spacial score (nSPS) is 21.1. The minimum Gasteiger partial charge on any atom is -0.348 e. The summed E-state index contributed by atoms with van der Waals surface area (Å²) >= 11 is 0. The summed E-state index contributed by atoms with van der Waals surface area (Å²) < 4.78 is 28.1. The summed E-state index contributed by atoms with van der Waals surface area (Å²) in [6, 6.07) is 13.8. The Balaban J connectivity index is 0.00000225. The van der Waals surface area contributed by atoms with E-state index in [1.54, 1.807) is 18.2 Å². The Morgan fingerprint density at radius 2 is 1.96 bits per heavy atom. The van der Waals surface area contributed by atoms with E-state index >= 15 is 0 Å². The molecule has 2 heterocycles. The van der Waals surface area contributed by atoms with E-state index in [1.807, 2.05) is 31.2 Å². The second-order valence-electron chi connectivity index (χ2n) is 7.17. The standard InChI is InChI=1S/C20H23N3O3S.ClH/c1-14-11-15-5-2-3-8-19(15)23(14)27(25,26)18-7-4-6-16(12-18)20(24)22-17-9-10-21-13-17;/h2-8,12,14,17,21H,9-11,13H2,1H3,(H,22,24);1H. The van der Waals surface area contributed by atoms with Crippen molar-refractivity contribution >= 4 is 34.0 Å². The lowest BCUT2D eigenvalue weighted by molar-refractivity contribution is 0.0940. The van der Waals surface area contributed by atoms with Crippen LogP contribution in [0.5, 0.6) is 0 Å². The summed E-state index contributed by atoms with van der Waals surface area (Å²) in [5.74, 6) is -0.240. The molecule has 4 rings (SSSR count). The highest BCUT2D eigenvalue weighted by atomic mass is 35.5. The van der Waals surface area contributed by atoms with E-state index in [1.165, 1.54) is 10.4 Å². The van der Waals surface area contributed by atoms with Crippen molar-refractivity contribution in [1.29, 1.82) is 0 Å². The molecule has 0 bridgehead atoms. The van der Waals surface area contributed by atoms with E-state index in [9.17, 15) is 13.2 Å². The van der Waals surface area contributed by atoms with Gasteiger partial charge in [0.2, 0.25) is 0 Å². The molecule has 2 atom stereocenters. The number of sulfonamides is 1. The maximum Gasteiger partial charge on any atom is 0.264 e. The highest BCUT2D eigenvalue weighted by molar-refractivity contribution is 7.92. The van der Waals surface area contributed by atoms with Crippen LogP contribution >= 0.6 is 12.4 Å². The summed E-state index contributed by atoms with van der Waals surface area (Å²) in [7, 11) is -3.74. The number of amides is 1. The molecule has 6 nitrogen and oxygen atoms in total. The molecule has 150 valence electrons. The lowest BCUT2D eigenvalue weighted by Crippen LogP contribution is -2.37. The van der Waals surface area contributed by atoms with Crippen molar-refractivity contribution < 1.29 is 13.2 Å². The van der Waals surface area contributed by atoms with Crippen LogP contribution in [0.2, 0.25) is 0 Å². The third kappa shape index (κ3) is 3.74. The van der Waals surface area contributed by atoms with Gasteiger partial charge in [0.15, 0.2) is 0 Å². The molecular weight excluding hydrogens is 398 g/mol. The second-order valence-corrected chi connectivity index (χ2v) is 8.99. The van der Waals surface area contributed by atoms with Crippen LogP contribution in [0.3, 0.4) is 0 Å². The van der Waals surface area contributed by atoms with Crippen LogP contribution in [-0.4, -0.2) is 39.5 Å². The number of para-hydroxylation sites is 1. The van der Waals surface area contributed by atoms with Gasteiger partial charge in [0.25, 0.3) is 15.9 Å². The van der Waals surface area contributed by atoms with Crippen LogP contribution < -0.4 is 14.9 Å². The number of hydrogen-bond acceptors (Lipinski definition) is 4. The quantitative estimate of drug-likeness (QED) is 0.794. The van der Waals surface area contributed by atoms with Gasteiger partial charge in [-0.1, -0.05) is 24.3 Å². The van der Waals surface area contributed by atoms with E-state index < -0.39 is 10.0 Å². The molecule has 1 fully saturated rings. The molecule has 2 aromatic rings. The van der Waals surface area contributed by atoms with Crippen LogP contribution in [-0.2, 0) is 16.4 Å². The largest absolute Gasteiger partial charge is 0.348 e. The van der Waals surface area contributed by atoms with Gasteiger partial charge in [-0.2, -0.15) is 0 Å². The van der Waals surface area contributed by atoms with Crippen LogP contribution in [0, 0.1) is 0 Å². The molecule has 0 aliphatic carbocycles. The summed E-state index contributed by atoms with van der Waals surface area (Å²) in [5, 5.41) is 6.16. The summed E-state index contributed by atoms with van der Waals surface area (Å²) in [6.45, 7) is 3.53. The maximum atomic E-state index is 13.3. The van der Waals surface area contributed by atoms with Gasteiger partial charge in [-0.25, -0.2) is 8.42 Å². The zero-order valence-electron chi connectivity index (χ0n) is 15.6. The van der Waals surface area contributed by atoms with Gasteiger partial charge in [0.1, 0.15) is 0 Å². The number of benzene rings is 2. The van der Waals surface area contributed by atoms with Gasteiger partial charge < -0.3 is 10.6 Å². The van der Waals surface area contributed by atoms with E-state index in [4.69, 9.17) is 0 Å². The van der Waals surface area contributed by atoms with E-state index in [2.05, 4.69) is 10.6 Å². The Bertz CT molecular complexity index is 974. The molecule has 2 N–H and O–H groups in total. The lowest BCUT2D eigenvalue weighted by Gasteiger charge is -2.24. The van der Waals surface area contributed by atoms with E-state index in [-0.39, 0.29) is 35.3 Å². The average Bonchev–Trinajstić information content (AvgIpc) is 3.28. The van der Waals surface area contributed by atoms with Gasteiger partial charge in [-0.15, -0.1) is 12.4 Å². The van der Waals surface area contributed by atoms with Crippen LogP contribution in [0.4, 0.5) is 5.69 Å². The SMILES string of the molecule is CC1Cc2ccccc2N1S(=O)(=O)c1cccc(C(=O)NC2CCNC2)c1.Cl. The number of hydrogen-bond donors (Lipinski definition) is 2. The van der Waals surface area contributed by atoms with Crippen molar-refractivity contribution in [2.24, 2.45) is 0 Å². The fourth-order valence-corrected chi connectivity index (χ4v) is 5.60. The first-order chi connectivity index (χ1) is 13.0. The molecule has 0 aromatic heterocycles. The van der Waals surface area contributed by atoms with Crippen molar-refractivity contribution in [3.63, 3.8) is 0 Å². The summed E-state index contributed by atoms with van der Waals surface area (Å²) in [4.78, 5) is 12.7. The van der Waals surface area contributed by atoms with Crippen LogP contribution in [0.25, 0.3) is 0 Å². The fraction of sp³-hybridized carbons (Fsp3) is 0.350. The monoisotopic (exact) mass is 421 g/mol. The summed E-state index contributed by atoms with van der Waals surface area (Å²) in [6.07, 6.45) is 1.57. The molecule has 0 radical (unpaired) electrons. The number of rotatable bonds is 4. The first kappa shape index (κ1) is 20.6. The molecule has 0 saturated carbocycles. The molecule has 2 unspecified atom stereocenters. The van der Waals surface area contributed by atoms with Crippen molar-refractivity contribution in [2.75, 3.05) is 17.4 Å². The zero-order valence-corrected chi connectivity index (χ0v) is 17.2. The fourth-order valence-electron chi connectivity index (χ4n) is 3.86. The molecule has 2 aliphatic rings. The number of carbonyl (C=O) groups excluding carboxylic acids is 1. The molecule has 2 aliphatic heterocycles. The minimum atomic E-state index is -3.74. The first-order valence-electron chi connectivity index (χ1n) is 9.21. The number of nitrogens with one attached hydrogen (secondary N) is 2. The number of carbonyl (C=O) groups is 1. The van der Waals surface area contributed by atoms with Crippen molar-refractivity contribution in [2.45, 2.75) is 36.7 Å². The summed E-state index contributed by atoms with van der Waals surface area (Å²) in [5.41, 5.74) is 2.11. The molecule has 28 heavy (non-hydrogen) atoms. The van der Waals surface area contributed by atoms with Gasteiger partial charge in [0.05, 0.1) is 10.6 Å². The van der Waals surface area contributed by atoms with E-state index in [0.29, 0.717) is 12.0 Å². The topological polar surface area (TPSA) is 78.5 Å². The van der Waals surface area contributed by atoms with Gasteiger partial charge in [-0.3, -0.25) is 9.10 Å².